The van der Waals surface area contributed by atoms with Crippen molar-refractivity contribution in [3.63, 3.8) is 0 Å². The van der Waals surface area contributed by atoms with Crippen LogP contribution in [0.4, 0.5) is 0 Å². The molecular weight excluding hydrogens is 284 g/mol. The van der Waals surface area contributed by atoms with E-state index in [2.05, 4.69) is 15.4 Å². The van der Waals surface area contributed by atoms with Crippen LogP contribution < -0.4 is 97.9 Å². The van der Waals surface area contributed by atoms with Crippen LogP contribution in [0.5, 0.6) is 0 Å². The SMILES string of the molecule is Cc1ccc2n[nH]nc2c1.[Br-].[K+].[Na+].[OH-]. The van der Waals surface area contributed by atoms with E-state index in [9.17, 15) is 0 Å². The van der Waals surface area contributed by atoms with Crippen molar-refractivity contribution in [3.05, 3.63) is 23.8 Å². The van der Waals surface area contributed by atoms with Gasteiger partial charge in [0.1, 0.15) is 11.0 Å². The number of hydrogen-bond acceptors (Lipinski definition) is 3. The number of nitrogens with zero attached hydrogens (tertiary/aromatic N) is 2. The Morgan fingerprint density at radius 2 is 1.71 bits per heavy atom. The Kier molecular flexibility index (Phi) is 14.9. The standard InChI is InChI=1S/C7H7N3.BrH.K.Na.H2O/c1-5-2-3-6-7(4-5)9-10-8-6;;;;/h2-4H,1H3,(H,8,9,10);1H;;;1H2/q;;2*+1;/p-2. The number of aromatic nitrogens is 3. The second kappa shape index (κ2) is 9.89. The predicted molar refractivity (Wildman–Crippen MR) is 40.6 cm³/mol. The molecule has 0 aliphatic carbocycles. The van der Waals surface area contributed by atoms with E-state index in [1.165, 1.54) is 5.56 Å². The minimum atomic E-state index is 0. The molecule has 7 heteroatoms. The van der Waals surface area contributed by atoms with Gasteiger partial charge in [0, 0.05) is 0 Å². The number of nitrogens with one attached hydrogen (secondary N) is 1. The summed E-state index contributed by atoms with van der Waals surface area (Å²) in [6.07, 6.45) is 0. The van der Waals surface area contributed by atoms with Crippen LogP contribution in [0.15, 0.2) is 18.2 Å². The Morgan fingerprint density at radius 1 is 1.14 bits per heavy atom. The molecule has 0 bridgehead atoms. The van der Waals surface area contributed by atoms with Crippen molar-refractivity contribution in [3.8, 4) is 0 Å². The topological polar surface area (TPSA) is 71.6 Å². The molecule has 0 saturated heterocycles. The number of halogens is 1. The van der Waals surface area contributed by atoms with Crippen LogP contribution in [0.25, 0.3) is 11.0 Å². The zero-order valence-electron chi connectivity index (χ0n) is 8.45. The van der Waals surface area contributed by atoms with Gasteiger partial charge in [-0.05, 0) is 24.6 Å². The van der Waals surface area contributed by atoms with Gasteiger partial charge in [-0.15, -0.1) is 0 Å². The maximum Gasteiger partial charge on any atom is 1.00 e. The molecule has 4 nitrogen and oxygen atoms in total. The van der Waals surface area contributed by atoms with Crippen LogP contribution in [0.2, 0.25) is 0 Å². The third kappa shape index (κ3) is 5.15. The number of H-pyrrole nitrogens is 1. The van der Waals surface area contributed by atoms with Crippen molar-refractivity contribution < 1.29 is 103 Å². The molecular formula is C7H8BrKN3NaO. The van der Waals surface area contributed by atoms with Crippen LogP contribution in [0.3, 0.4) is 0 Å². The molecule has 0 unspecified atom stereocenters. The van der Waals surface area contributed by atoms with Gasteiger partial charge < -0.3 is 22.5 Å². The first kappa shape index (κ1) is 21.0. The maximum absolute atomic E-state index is 3.94. The number of rotatable bonds is 0. The van der Waals surface area contributed by atoms with Crippen LogP contribution in [0, 0.1) is 6.92 Å². The average molecular weight is 292 g/mol. The van der Waals surface area contributed by atoms with E-state index in [4.69, 9.17) is 0 Å². The Labute approximate surface area is 157 Å². The number of aryl methyl sites for hydroxylation is 1. The zero-order valence-corrected chi connectivity index (χ0v) is 15.2. The molecule has 14 heavy (non-hydrogen) atoms. The minimum Gasteiger partial charge on any atom is -1.00 e. The molecule has 0 aliphatic heterocycles. The van der Waals surface area contributed by atoms with Gasteiger partial charge in [0.2, 0.25) is 0 Å². The average Bonchev–Trinajstić information content (AvgIpc) is 2.33. The van der Waals surface area contributed by atoms with E-state index in [0.717, 1.165) is 11.0 Å². The van der Waals surface area contributed by atoms with E-state index >= 15 is 0 Å². The molecule has 0 aliphatic rings. The van der Waals surface area contributed by atoms with Crippen LogP contribution in [-0.4, -0.2) is 20.9 Å². The van der Waals surface area contributed by atoms with Crippen molar-refractivity contribution in [2.45, 2.75) is 6.92 Å². The third-order valence-electron chi connectivity index (χ3n) is 1.47. The molecule has 1 aromatic carbocycles. The summed E-state index contributed by atoms with van der Waals surface area (Å²) >= 11 is 0. The summed E-state index contributed by atoms with van der Waals surface area (Å²) in [5.41, 5.74) is 3.06. The number of aromatic amines is 1. The fraction of sp³-hybridized carbons (Fsp3) is 0.143. The van der Waals surface area contributed by atoms with E-state index in [0.29, 0.717) is 0 Å². The van der Waals surface area contributed by atoms with Crippen molar-refractivity contribution in [1.82, 2.24) is 15.4 Å². The molecule has 1 aromatic heterocycles. The third-order valence-corrected chi connectivity index (χ3v) is 1.47. The van der Waals surface area contributed by atoms with Gasteiger partial charge in [-0.1, -0.05) is 6.07 Å². The molecule has 1 heterocycles. The van der Waals surface area contributed by atoms with Gasteiger partial charge in [-0.25, -0.2) is 0 Å². The minimum absolute atomic E-state index is 0. The predicted octanol–water partition coefficient (Wildman–Crippen LogP) is -7.90. The summed E-state index contributed by atoms with van der Waals surface area (Å²) in [7, 11) is 0. The summed E-state index contributed by atoms with van der Waals surface area (Å²) in [5.74, 6) is 0. The molecule has 0 radical (unpaired) electrons. The second-order valence-corrected chi connectivity index (χ2v) is 2.32. The first-order valence-corrected chi connectivity index (χ1v) is 3.13. The van der Waals surface area contributed by atoms with Crippen molar-refractivity contribution in [2.24, 2.45) is 0 Å². The summed E-state index contributed by atoms with van der Waals surface area (Å²) in [6.45, 7) is 2.04. The zero-order chi connectivity index (χ0) is 6.97. The largest absolute Gasteiger partial charge is 1.00 e. The number of benzene rings is 1. The van der Waals surface area contributed by atoms with Gasteiger partial charge in [0.25, 0.3) is 0 Å². The van der Waals surface area contributed by atoms with Gasteiger partial charge in [0.05, 0.1) is 0 Å². The van der Waals surface area contributed by atoms with Gasteiger partial charge >= 0.3 is 80.9 Å². The van der Waals surface area contributed by atoms with Crippen molar-refractivity contribution in [1.29, 1.82) is 0 Å². The number of fused-ring (bicyclic) bond motifs is 1. The fourth-order valence-electron chi connectivity index (χ4n) is 0.950. The summed E-state index contributed by atoms with van der Waals surface area (Å²) in [4.78, 5) is 0. The van der Waals surface area contributed by atoms with Crippen molar-refractivity contribution >= 4 is 11.0 Å². The van der Waals surface area contributed by atoms with E-state index in [1.54, 1.807) is 0 Å². The maximum atomic E-state index is 3.94. The van der Waals surface area contributed by atoms with Crippen molar-refractivity contribution in [2.75, 3.05) is 0 Å². The fourth-order valence-corrected chi connectivity index (χ4v) is 0.950. The molecule has 0 saturated carbocycles. The quantitative estimate of drug-likeness (QED) is 0.490. The van der Waals surface area contributed by atoms with Crippen LogP contribution in [-0.2, 0) is 0 Å². The van der Waals surface area contributed by atoms with Gasteiger partial charge in [-0.2, -0.15) is 15.4 Å². The molecule has 66 valence electrons. The van der Waals surface area contributed by atoms with Crippen LogP contribution in [0.1, 0.15) is 5.56 Å². The Bertz CT molecular complexity index is 370. The van der Waals surface area contributed by atoms with Crippen LogP contribution >= 0.6 is 0 Å². The normalized spacial score (nSPS) is 7.50. The summed E-state index contributed by atoms with van der Waals surface area (Å²) in [6, 6.07) is 5.97. The monoisotopic (exact) mass is 291 g/mol. The first-order valence-electron chi connectivity index (χ1n) is 3.13. The van der Waals surface area contributed by atoms with E-state index < -0.39 is 0 Å². The van der Waals surface area contributed by atoms with Gasteiger partial charge in [-0.3, -0.25) is 0 Å². The Balaban J connectivity index is -0.000000302. The smallest absolute Gasteiger partial charge is 1.00 e. The second-order valence-electron chi connectivity index (χ2n) is 2.32. The molecule has 0 fully saturated rings. The molecule has 2 N–H and O–H groups in total. The molecule has 0 spiro atoms. The summed E-state index contributed by atoms with van der Waals surface area (Å²) < 4.78 is 0. The molecule has 2 rings (SSSR count). The molecule has 2 aromatic rings. The first-order chi connectivity index (χ1) is 4.86. The van der Waals surface area contributed by atoms with Gasteiger partial charge in [0.15, 0.2) is 0 Å². The Morgan fingerprint density at radius 3 is 2.36 bits per heavy atom. The number of hydrogen-bond donors (Lipinski definition) is 1. The van der Waals surface area contributed by atoms with E-state index in [-0.39, 0.29) is 103 Å². The molecule has 0 amide bonds. The van der Waals surface area contributed by atoms with E-state index in [1.807, 2.05) is 25.1 Å². The Hall–Kier alpha value is 1.70. The molecule has 0 atom stereocenters. The summed E-state index contributed by atoms with van der Waals surface area (Å²) in [5, 5.41) is 10.4.